The lowest BCUT2D eigenvalue weighted by Gasteiger charge is -2.21. The molecule has 1 aliphatic carbocycles. The highest BCUT2D eigenvalue weighted by atomic mass is 16.4. The molecular formula is C16H18N2O3. The summed E-state index contributed by atoms with van der Waals surface area (Å²) < 4.78 is 0. The van der Waals surface area contributed by atoms with Crippen molar-refractivity contribution in [1.29, 1.82) is 0 Å². The molecule has 0 unspecified atom stereocenters. The smallest absolute Gasteiger partial charge is 0.305 e. The van der Waals surface area contributed by atoms with Gasteiger partial charge in [0.05, 0.1) is 12.8 Å². The Hall–Kier alpha value is -2.30. The normalized spacial score (nSPS) is 14.3. The first kappa shape index (κ1) is 13.7. The molecule has 1 aliphatic rings. The van der Waals surface area contributed by atoms with Crippen LogP contribution in [-0.4, -0.2) is 39.5 Å². The van der Waals surface area contributed by atoms with E-state index in [1.165, 1.54) is 0 Å². The Balaban J connectivity index is 1.73. The number of nitrogens with one attached hydrogen (secondary N) is 1. The fraction of sp³-hybridized carbons (Fsp3) is 0.375. The van der Waals surface area contributed by atoms with Crippen LogP contribution in [0.5, 0.6) is 0 Å². The average Bonchev–Trinajstić information content (AvgIpc) is 3.21. The Morgan fingerprint density at radius 2 is 2.05 bits per heavy atom. The van der Waals surface area contributed by atoms with Crippen molar-refractivity contribution in [2.75, 3.05) is 6.54 Å². The summed E-state index contributed by atoms with van der Waals surface area (Å²) in [6.07, 6.45) is 4.17. The number of hydrogen-bond acceptors (Lipinski definition) is 2. The molecule has 2 N–H and O–H groups in total. The van der Waals surface area contributed by atoms with E-state index in [9.17, 15) is 9.59 Å². The van der Waals surface area contributed by atoms with Crippen molar-refractivity contribution in [3.8, 4) is 0 Å². The van der Waals surface area contributed by atoms with Crippen LogP contribution >= 0.6 is 0 Å². The number of para-hydroxylation sites is 1. The number of rotatable bonds is 6. The summed E-state index contributed by atoms with van der Waals surface area (Å²) in [5.74, 6) is -0.843. The fourth-order valence-electron chi connectivity index (χ4n) is 2.66. The van der Waals surface area contributed by atoms with E-state index < -0.39 is 5.97 Å². The molecule has 110 valence electrons. The van der Waals surface area contributed by atoms with E-state index in [1.54, 1.807) is 4.90 Å². The van der Waals surface area contributed by atoms with Crippen molar-refractivity contribution in [3.63, 3.8) is 0 Å². The number of H-pyrrole nitrogens is 1. The summed E-state index contributed by atoms with van der Waals surface area (Å²) in [5, 5.41) is 9.86. The van der Waals surface area contributed by atoms with E-state index in [-0.39, 0.29) is 18.4 Å². The van der Waals surface area contributed by atoms with E-state index >= 15 is 0 Å². The molecule has 0 aliphatic heterocycles. The van der Waals surface area contributed by atoms with Crippen LogP contribution in [0.3, 0.4) is 0 Å². The number of aliphatic carboxylic acids is 1. The number of carboxylic acid groups (broad SMARTS) is 1. The summed E-state index contributed by atoms with van der Waals surface area (Å²) in [6, 6.07) is 8.11. The highest BCUT2D eigenvalue weighted by molar-refractivity contribution is 5.89. The van der Waals surface area contributed by atoms with Crippen molar-refractivity contribution < 1.29 is 14.7 Å². The van der Waals surface area contributed by atoms with Gasteiger partial charge in [0, 0.05) is 29.7 Å². The second kappa shape index (κ2) is 5.60. The number of aromatic nitrogens is 1. The molecule has 0 saturated heterocycles. The van der Waals surface area contributed by atoms with Crippen LogP contribution in [0, 0.1) is 0 Å². The van der Waals surface area contributed by atoms with E-state index in [2.05, 4.69) is 4.98 Å². The lowest BCUT2D eigenvalue weighted by molar-refractivity contribution is -0.138. The molecule has 3 rings (SSSR count). The monoisotopic (exact) mass is 286 g/mol. The van der Waals surface area contributed by atoms with Gasteiger partial charge < -0.3 is 15.0 Å². The number of carbonyl (C=O) groups excluding carboxylic acids is 1. The number of hydrogen-bond donors (Lipinski definition) is 2. The third-order valence-corrected chi connectivity index (χ3v) is 3.89. The molecule has 5 nitrogen and oxygen atoms in total. The van der Waals surface area contributed by atoms with E-state index in [1.807, 2.05) is 30.5 Å². The Kier molecular flexibility index (Phi) is 3.64. The van der Waals surface area contributed by atoms with Crippen LogP contribution in [0.25, 0.3) is 10.9 Å². The van der Waals surface area contributed by atoms with Crippen LogP contribution in [0.1, 0.15) is 24.8 Å². The van der Waals surface area contributed by atoms with Crippen LogP contribution < -0.4 is 0 Å². The molecule has 1 saturated carbocycles. The summed E-state index contributed by atoms with van der Waals surface area (Å²) in [6.45, 7) is 0.307. The topological polar surface area (TPSA) is 73.4 Å². The SMILES string of the molecule is O=C(O)CCN(C(=O)Cc1c[nH]c2ccccc12)C1CC1. The number of carbonyl (C=O) groups is 2. The summed E-state index contributed by atoms with van der Waals surface area (Å²) in [7, 11) is 0. The number of nitrogens with zero attached hydrogens (tertiary/aromatic N) is 1. The lowest BCUT2D eigenvalue weighted by Crippen LogP contribution is -2.36. The van der Waals surface area contributed by atoms with E-state index in [4.69, 9.17) is 5.11 Å². The standard InChI is InChI=1S/C16H18N2O3/c19-15(18(12-5-6-12)8-7-16(20)21)9-11-10-17-14-4-2-1-3-13(11)14/h1-4,10,12,17H,5-9H2,(H,20,21). The molecule has 5 heteroatoms. The predicted molar refractivity (Wildman–Crippen MR) is 79.0 cm³/mol. The van der Waals surface area contributed by atoms with Gasteiger partial charge in [-0.25, -0.2) is 0 Å². The summed E-state index contributed by atoms with van der Waals surface area (Å²) in [5.41, 5.74) is 1.99. The fourth-order valence-corrected chi connectivity index (χ4v) is 2.66. The summed E-state index contributed by atoms with van der Waals surface area (Å²) >= 11 is 0. The molecule has 1 amide bonds. The summed E-state index contributed by atoms with van der Waals surface area (Å²) in [4.78, 5) is 28.1. The lowest BCUT2D eigenvalue weighted by atomic mass is 10.1. The van der Waals surface area contributed by atoms with Crippen LogP contribution in [0.4, 0.5) is 0 Å². The van der Waals surface area contributed by atoms with Gasteiger partial charge in [0.25, 0.3) is 0 Å². The molecule has 0 spiro atoms. The van der Waals surface area contributed by atoms with Crippen molar-refractivity contribution in [1.82, 2.24) is 9.88 Å². The van der Waals surface area contributed by atoms with Gasteiger partial charge >= 0.3 is 5.97 Å². The van der Waals surface area contributed by atoms with Gasteiger partial charge in [0.15, 0.2) is 0 Å². The van der Waals surface area contributed by atoms with Crippen molar-refractivity contribution in [2.24, 2.45) is 0 Å². The molecule has 2 aromatic rings. The van der Waals surface area contributed by atoms with Gasteiger partial charge in [-0.1, -0.05) is 18.2 Å². The zero-order valence-corrected chi connectivity index (χ0v) is 11.7. The maximum atomic E-state index is 12.5. The Morgan fingerprint density at radius 3 is 2.76 bits per heavy atom. The number of carboxylic acids is 1. The second-order valence-electron chi connectivity index (χ2n) is 5.50. The van der Waals surface area contributed by atoms with Crippen molar-refractivity contribution in [3.05, 3.63) is 36.0 Å². The zero-order valence-electron chi connectivity index (χ0n) is 11.7. The maximum absolute atomic E-state index is 12.5. The van der Waals surface area contributed by atoms with Gasteiger partial charge in [-0.05, 0) is 24.5 Å². The quantitative estimate of drug-likeness (QED) is 0.854. The molecule has 1 aromatic heterocycles. The minimum atomic E-state index is -0.861. The Labute approximate surface area is 122 Å². The first-order valence-corrected chi connectivity index (χ1v) is 7.21. The van der Waals surface area contributed by atoms with Gasteiger partial charge in [-0.2, -0.15) is 0 Å². The number of amides is 1. The molecule has 0 bridgehead atoms. The minimum Gasteiger partial charge on any atom is -0.481 e. The Morgan fingerprint density at radius 1 is 1.29 bits per heavy atom. The minimum absolute atomic E-state index is 0.0100. The predicted octanol–water partition coefficient (Wildman–Crippen LogP) is 2.18. The zero-order chi connectivity index (χ0) is 14.8. The highest BCUT2D eigenvalue weighted by Gasteiger charge is 2.32. The number of fused-ring (bicyclic) bond motifs is 1. The molecule has 1 heterocycles. The second-order valence-corrected chi connectivity index (χ2v) is 5.50. The van der Waals surface area contributed by atoms with Crippen molar-refractivity contribution in [2.45, 2.75) is 31.7 Å². The third kappa shape index (κ3) is 3.07. The van der Waals surface area contributed by atoms with Gasteiger partial charge in [0.1, 0.15) is 0 Å². The van der Waals surface area contributed by atoms with Gasteiger partial charge in [-0.3, -0.25) is 9.59 Å². The van der Waals surface area contributed by atoms with Crippen LogP contribution in [-0.2, 0) is 16.0 Å². The highest BCUT2D eigenvalue weighted by Crippen LogP contribution is 2.28. The largest absolute Gasteiger partial charge is 0.481 e. The molecule has 0 radical (unpaired) electrons. The van der Waals surface area contributed by atoms with E-state index in [0.717, 1.165) is 29.3 Å². The molecule has 1 fully saturated rings. The van der Waals surface area contributed by atoms with Crippen LogP contribution in [0.15, 0.2) is 30.5 Å². The molecular weight excluding hydrogens is 268 g/mol. The molecule has 0 atom stereocenters. The molecule has 21 heavy (non-hydrogen) atoms. The first-order chi connectivity index (χ1) is 10.1. The van der Waals surface area contributed by atoms with Gasteiger partial charge in [0.2, 0.25) is 5.91 Å². The van der Waals surface area contributed by atoms with Crippen molar-refractivity contribution >= 4 is 22.8 Å². The Bertz CT molecular complexity index is 673. The van der Waals surface area contributed by atoms with E-state index in [0.29, 0.717) is 13.0 Å². The average molecular weight is 286 g/mol. The first-order valence-electron chi connectivity index (χ1n) is 7.21. The van der Waals surface area contributed by atoms with Crippen LogP contribution in [0.2, 0.25) is 0 Å². The third-order valence-electron chi connectivity index (χ3n) is 3.89. The van der Waals surface area contributed by atoms with Gasteiger partial charge in [-0.15, -0.1) is 0 Å². The maximum Gasteiger partial charge on any atom is 0.305 e. The number of aromatic amines is 1. The number of benzene rings is 1. The molecule has 1 aromatic carbocycles.